The number of halogens is 2. The number of aromatic nitrogens is 1. The van der Waals surface area contributed by atoms with Gasteiger partial charge in [-0.05, 0) is 42.5 Å². The standard InChI is InChI=1S/C21H28ClN5O.HI/c1-23-21(24-10-8-16-6-7-20(22)25-13-16)26-14-17-9-11-27(15-17)18-4-3-5-19(12-18)28-2;/h3-7,12-13,17H,8-11,14-15H2,1-2H3,(H2,23,24,26);1H. The van der Waals surface area contributed by atoms with Crippen molar-refractivity contribution >= 4 is 47.2 Å². The Bertz CT molecular complexity index is 787. The van der Waals surface area contributed by atoms with Gasteiger partial charge in [0.15, 0.2) is 5.96 Å². The third kappa shape index (κ3) is 7.22. The fourth-order valence-electron chi connectivity index (χ4n) is 3.38. The number of nitrogens with one attached hydrogen (secondary N) is 2. The molecule has 1 unspecified atom stereocenters. The molecule has 2 N–H and O–H groups in total. The van der Waals surface area contributed by atoms with Gasteiger partial charge < -0.3 is 20.3 Å². The Morgan fingerprint density at radius 3 is 2.90 bits per heavy atom. The minimum atomic E-state index is 0. The first-order valence-electron chi connectivity index (χ1n) is 9.62. The molecule has 158 valence electrons. The molecule has 0 aliphatic carbocycles. The van der Waals surface area contributed by atoms with Gasteiger partial charge in [-0.1, -0.05) is 23.7 Å². The van der Waals surface area contributed by atoms with Crippen molar-refractivity contribution in [1.29, 1.82) is 0 Å². The minimum Gasteiger partial charge on any atom is -0.497 e. The number of hydrogen-bond acceptors (Lipinski definition) is 4. The zero-order chi connectivity index (χ0) is 19.8. The molecule has 0 amide bonds. The summed E-state index contributed by atoms with van der Waals surface area (Å²) in [6, 6.07) is 12.1. The molecular formula is C21H29ClIN5O. The molecule has 2 heterocycles. The second-order valence-corrected chi connectivity index (χ2v) is 7.31. The van der Waals surface area contributed by atoms with E-state index in [0.717, 1.165) is 56.3 Å². The van der Waals surface area contributed by atoms with Crippen molar-refractivity contribution in [2.45, 2.75) is 12.8 Å². The number of benzene rings is 1. The van der Waals surface area contributed by atoms with Crippen LogP contribution in [0.15, 0.2) is 47.6 Å². The van der Waals surface area contributed by atoms with Crippen LogP contribution in [0.3, 0.4) is 0 Å². The number of nitrogens with zero attached hydrogens (tertiary/aromatic N) is 3. The molecule has 1 aliphatic heterocycles. The smallest absolute Gasteiger partial charge is 0.190 e. The third-order valence-corrected chi connectivity index (χ3v) is 5.20. The maximum Gasteiger partial charge on any atom is 0.190 e. The number of guanidine groups is 1. The molecule has 1 aromatic carbocycles. The summed E-state index contributed by atoms with van der Waals surface area (Å²) >= 11 is 5.82. The molecular weight excluding hydrogens is 501 g/mol. The van der Waals surface area contributed by atoms with E-state index in [2.05, 4.69) is 37.6 Å². The summed E-state index contributed by atoms with van der Waals surface area (Å²) in [5, 5.41) is 7.34. The molecule has 0 radical (unpaired) electrons. The normalized spacial score (nSPS) is 16.3. The van der Waals surface area contributed by atoms with E-state index in [0.29, 0.717) is 11.1 Å². The molecule has 8 heteroatoms. The van der Waals surface area contributed by atoms with Crippen molar-refractivity contribution in [3.63, 3.8) is 0 Å². The fourth-order valence-corrected chi connectivity index (χ4v) is 3.49. The zero-order valence-corrected chi connectivity index (χ0v) is 20.0. The average Bonchev–Trinajstić information content (AvgIpc) is 3.21. The van der Waals surface area contributed by atoms with Crippen molar-refractivity contribution in [2.75, 3.05) is 45.2 Å². The second kappa shape index (κ2) is 12.1. The lowest BCUT2D eigenvalue weighted by Crippen LogP contribution is -2.41. The van der Waals surface area contributed by atoms with Crippen LogP contribution in [0, 0.1) is 5.92 Å². The molecule has 1 atom stereocenters. The molecule has 0 spiro atoms. The van der Waals surface area contributed by atoms with E-state index in [1.807, 2.05) is 30.5 Å². The van der Waals surface area contributed by atoms with Crippen LogP contribution >= 0.6 is 35.6 Å². The Morgan fingerprint density at radius 1 is 1.31 bits per heavy atom. The van der Waals surface area contributed by atoms with Crippen molar-refractivity contribution in [1.82, 2.24) is 15.6 Å². The van der Waals surface area contributed by atoms with Crippen LogP contribution in [-0.4, -0.2) is 51.3 Å². The van der Waals surface area contributed by atoms with Crippen LogP contribution in [0.4, 0.5) is 5.69 Å². The van der Waals surface area contributed by atoms with Crippen LogP contribution in [-0.2, 0) is 6.42 Å². The van der Waals surface area contributed by atoms with Gasteiger partial charge in [0.25, 0.3) is 0 Å². The molecule has 1 saturated heterocycles. The molecule has 1 aromatic heterocycles. The lowest BCUT2D eigenvalue weighted by Gasteiger charge is -2.20. The number of anilines is 1. The van der Waals surface area contributed by atoms with E-state index in [1.54, 1.807) is 14.2 Å². The van der Waals surface area contributed by atoms with Gasteiger partial charge in [0.2, 0.25) is 0 Å². The van der Waals surface area contributed by atoms with Gasteiger partial charge in [-0.25, -0.2) is 4.98 Å². The van der Waals surface area contributed by atoms with E-state index in [-0.39, 0.29) is 24.0 Å². The van der Waals surface area contributed by atoms with Crippen LogP contribution in [0.25, 0.3) is 0 Å². The molecule has 1 fully saturated rings. The van der Waals surface area contributed by atoms with Crippen LogP contribution in [0.2, 0.25) is 5.15 Å². The molecule has 2 aromatic rings. The predicted octanol–water partition coefficient (Wildman–Crippen LogP) is 3.60. The Kier molecular flexibility index (Phi) is 9.80. The van der Waals surface area contributed by atoms with E-state index < -0.39 is 0 Å². The number of methoxy groups -OCH3 is 1. The Labute approximate surface area is 195 Å². The largest absolute Gasteiger partial charge is 0.497 e. The molecule has 0 saturated carbocycles. The molecule has 6 nitrogen and oxygen atoms in total. The van der Waals surface area contributed by atoms with E-state index in [4.69, 9.17) is 16.3 Å². The van der Waals surface area contributed by atoms with Gasteiger partial charge in [0, 0.05) is 51.2 Å². The van der Waals surface area contributed by atoms with Crippen molar-refractivity contribution in [3.05, 3.63) is 53.3 Å². The van der Waals surface area contributed by atoms with Crippen molar-refractivity contribution in [2.24, 2.45) is 10.9 Å². The summed E-state index contributed by atoms with van der Waals surface area (Å²) < 4.78 is 5.34. The zero-order valence-electron chi connectivity index (χ0n) is 16.9. The summed E-state index contributed by atoms with van der Waals surface area (Å²) in [4.78, 5) is 10.8. The maximum atomic E-state index is 5.82. The molecule has 1 aliphatic rings. The maximum absolute atomic E-state index is 5.82. The van der Waals surface area contributed by atoms with E-state index in [9.17, 15) is 0 Å². The number of rotatable bonds is 7. The van der Waals surface area contributed by atoms with Crippen LogP contribution in [0.1, 0.15) is 12.0 Å². The van der Waals surface area contributed by atoms with Crippen LogP contribution < -0.4 is 20.3 Å². The van der Waals surface area contributed by atoms with Crippen LogP contribution in [0.5, 0.6) is 5.75 Å². The Hall–Kier alpha value is -1.74. The number of pyridine rings is 1. The number of aliphatic imine (C=N–C) groups is 1. The summed E-state index contributed by atoms with van der Waals surface area (Å²) in [5.74, 6) is 2.33. The van der Waals surface area contributed by atoms with Gasteiger partial charge in [-0.15, -0.1) is 24.0 Å². The highest BCUT2D eigenvalue weighted by molar-refractivity contribution is 14.0. The van der Waals surface area contributed by atoms with Gasteiger partial charge in [-0.3, -0.25) is 4.99 Å². The summed E-state index contributed by atoms with van der Waals surface area (Å²) in [5.41, 5.74) is 2.37. The molecule has 0 bridgehead atoms. The highest BCUT2D eigenvalue weighted by Gasteiger charge is 2.23. The lowest BCUT2D eigenvalue weighted by molar-refractivity contribution is 0.415. The third-order valence-electron chi connectivity index (χ3n) is 4.98. The second-order valence-electron chi connectivity index (χ2n) is 6.92. The minimum absolute atomic E-state index is 0. The first-order chi connectivity index (χ1) is 13.7. The molecule has 29 heavy (non-hydrogen) atoms. The fraction of sp³-hybridized carbons (Fsp3) is 0.429. The number of hydrogen-bond donors (Lipinski definition) is 2. The predicted molar refractivity (Wildman–Crippen MR) is 131 cm³/mol. The monoisotopic (exact) mass is 529 g/mol. The Balaban J connectivity index is 0.00000300. The van der Waals surface area contributed by atoms with E-state index in [1.165, 1.54) is 5.69 Å². The van der Waals surface area contributed by atoms with Crippen molar-refractivity contribution < 1.29 is 4.74 Å². The van der Waals surface area contributed by atoms with Gasteiger partial charge >= 0.3 is 0 Å². The summed E-state index contributed by atoms with van der Waals surface area (Å²) in [6.45, 7) is 3.80. The lowest BCUT2D eigenvalue weighted by atomic mass is 10.1. The van der Waals surface area contributed by atoms with Gasteiger partial charge in [-0.2, -0.15) is 0 Å². The Morgan fingerprint density at radius 2 is 2.17 bits per heavy atom. The highest BCUT2D eigenvalue weighted by Crippen LogP contribution is 2.26. The topological polar surface area (TPSA) is 61.8 Å². The quantitative estimate of drug-likeness (QED) is 0.248. The SMILES string of the molecule is CN=C(NCCc1ccc(Cl)nc1)NCC1CCN(c2cccc(OC)c2)C1.I. The van der Waals surface area contributed by atoms with Gasteiger partial charge in [0.05, 0.1) is 7.11 Å². The van der Waals surface area contributed by atoms with Crippen molar-refractivity contribution in [3.8, 4) is 5.75 Å². The van der Waals surface area contributed by atoms with Gasteiger partial charge in [0.1, 0.15) is 10.9 Å². The first kappa shape index (κ1) is 23.5. The average molecular weight is 530 g/mol. The summed E-state index contributed by atoms with van der Waals surface area (Å²) in [7, 11) is 3.51. The first-order valence-corrected chi connectivity index (χ1v) is 9.99. The molecule has 3 rings (SSSR count). The van der Waals surface area contributed by atoms with E-state index >= 15 is 0 Å². The highest BCUT2D eigenvalue weighted by atomic mass is 127. The number of ether oxygens (including phenoxy) is 1. The summed E-state index contributed by atoms with van der Waals surface area (Å²) in [6.07, 6.45) is 3.85.